The molecule has 2 aromatic rings. The van der Waals surface area contributed by atoms with Gasteiger partial charge in [-0.2, -0.15) is 5.10 Å². The van der Waals surface area contributed by atoms with Crippen LogP contribution in [-0.4, -0.2) is 49.2 Å². The zero-order valence-electron chi connectivity index (χ0n) is 20.1. The van der Waals surface area contributed by atoms with Crippen LogP contribution in [0.15, 0.2) is 17.1 Å². The SMILES string of the molecule is CCNC(=NCc1cc(OC)c(OCC)c(OC)c1)NC(C)Cc1c(C)nn(C)c1C. The Bertz CT molecular complexity index is 867. The number of hydrogen-bond acceptors (Lipinski definition) is 5. The molecule has 1 atom stereocenters. The third kappa shape index (κ3) is 6.29. The maximum absolute atomic E-state index is 5.68. The predicted octanol–water partition coefficient (Wildman–Crippen LogP) is 3.14. The Morgan fingerprint density at radius 2 is 1.81 bits per heavy atom. The number of aryl methyl sites for hydroxylation is 2. The largest absolute Gasteiger partial charge is 0.493 e. The maximum Gasteiger partial charge on any atom is 0.203 e. The first-order chi connectivity index (χ1) is 14.8. The molecule has 0 radical (unpaired) electrons. The highest BCUT2D eigenvalue weighted by molar-refractivity contribution is 5.80. The van der Waals surface area contributed by atoms with E-state index in [1.807, 2.05) is 30.8 Å². The summed E-state index contributed by atoms with van der Waals surface area (Å²) in [5, 5.41) is 11.3. The van der Waals surface area contributed by atoms with Crippen molar-refractivity contribution in [1.29, 1.82) is 0 Å². The average molecular weight is 432 g/mol. The van der Waals surface area contributed by atoms with E-state index in [1.54, 1.807) is 14.2 Å². The molecule has 1 unspecified atom stereocenters. The lowest BCUT2D eigenvalue weighted by Crippen LogP contribution is -2.43. The van der Waals surface area contributed by atoms with Crippen molar-refractivity contribution >= 4 is 5.96 Å². The fraction of sp³-hybridized carbons (Fsp3) is 0.565. The van der Waals surface area contributed by atoms with Crippen molar-refractivity contribution in [3.8, 4) is 17.2 Å². The average Bonchev–Trinajstić information content (AvgIpc) is 2.98. The maximum atomic E-state index is 5.68. The van der Waals surface area contributed by atoms with Gasteiger partial charge in [-0.1, -0.05) is 0 Å². The van der Waals surface area contributed by atoms with Crippen molar-refractivity contribution in [3.63, 3.8) is 0 Å². The normalized spacial score (nSPS) is 12.5. The molecule has 0 fully saturated rings. The summed E-state index contributed by atoms with van der Waals surface area (Å²) in [7, 11) is 5.23. The lowest BCUT2D eigenvalue weighted by atomic mass is 10.1. The smallest absolute Gasteiger partial charge is 0.203 e. The molecule has 1 aromatic carbocycles. The van der Waals surface area contributed by atoms with Gasteiger partial charge in [0.1, 0.15) is 0 Å². The van der Waals surface area contributed by atoms with E-state index < -0.39 is 0 Å². The van der Waals surface area contributed by atoms with Gasteiger partial charge in [-0.25, -0.2) is 4.99 Å². The van der Waals surface area contributed by atoms with Crippen LogP contribution < -0.4 is 24.8 Å². The van der Waals surface area contributed by atoms with E-state index in [2.05, 4.69) is 43.4 Å². The van der Waals surface area contributed by atoms with Crippen LogP contribution in [0, 0.1) is 13.8 Å². The summed E-state index contributed by atoms with van der Waals surface area (Å²) in [5.74, 6) is 2.66. The Morgan fingerprint density at radius 3 is 2.29 bits per heavy atom. The lowest BCUT2D eigenvalue weighted by Gasteiger charge is -2.18. The number of ether oxygens (including phenoxy) is 3. The summed E-state index contributed by atoms with van der Waals surface area (Å²) < 4.78 is 18.6. The standard InChI is InChI=1S/C23H37N5O3/c1-9-24-23(26-15(3)11-19-16(4)27-28(6)17(19)5)25-14-18-12-20(29-7)22(31-10-2)21(13-18)30-8/h12-13,15H,9-11,14H2,1-8H3,(H2,24,25,26). The van der Waals surface area contributed by atoms with Gasteiger partial charge in [-0.05, 0) is 64.3 Å². The highest BCUT2D eigenvalue weighted by Crippen LogP contribution is 2.38. The molecule has 0 bridgehead atoms. The summed E-state index contributed by atoms with van der Waals surface area (Å²) in [5.41, 5.74) is 4.52. The predicted molar refractivity (Wildman–Crippen MR) is 125 cm³/mol. The second kappa shape index (κ2) is 11.5. The van der Waals surface area contributed by atoms with E-state index in [0.29, 0.717) is 30.4 Å². The van der Waals surface area contributed by atoms with Gasteiger partial charge in [-0.15, -0.1) is 0 Å². The molecule has 0 aliphatic rings. The molecular weight excluding hydrogens is 394 g/mol. The van der Waals surface area contributed by atoms with Gasteiger partial charge < -0.3 is 24.8 Å². The Balaban J connectivity index is 2.16. The molecule has 0 saturated heterocycles. The van der Waals surface area contributed by atoms with Crippen LogP contribution in [0.5, 0.6) is 17.2 Å². The van der Waals surface area contributed by atoms with Gasteiger partial charge in [0.2, 0.25) is 5.75 Å². The number of rotatable bonds is 10. The Kier molecular flexibility index (Phi) is 9.03. The van der Waals surface area contributed by atoms with Crippen LogP contribution in [0.2, 0.25) is 0 Å². The monoisotopic (exact) mass is 431 g/mol. The highest BCUT2D eigenvalue weighted by atomic mass is 16.5. The molecule has 0 spiro atoms. The third-order valence-electron chi connectivity index (χ3n) is 5.13. The van der Waals surface area contributed by atoms with E-state index in [-0.39, 0.29) is 6.04 Å². The van der Waals surface area contributed by atoms with Crippen LogP contribution >= 0.6 is 0 Å². The number of methoxy groups -OCH3 is 2. The zero-order chi connectivity index (χ0) is 23.0. The van der Waals surface area contributed by atoms with Gasteiger partial charge in [0.05, 0.1) is 33.1 Å². The minimum Gasteiger partial charge on any atom is -0.493 e. The lowest BCUT2D eigenvalue weighted by molar-refractivity contribution is 0.288. The van der Waals surface area contributed by atoms with E-state index in [9.17, 15) is 0 Å². The van der Waals surface area contributed by atoms with Crippen LogP contribution in [0.1, 0.15) is 43.3 Å². The molecule has 8 nitrogen and oxygen atoms in total. The summed E-state index contributed by atoms with van der Waals surface area (Å²) in [6, 6.07) is 4.07. The van der Waals surface area contributed by atoms with Gasteiger partial charge in [0.25, 0.3) is 0 Å². The zero-order valence-corrected chi connectivity index (χ0v) is 20.1. The van der Waals surface area contributed by atoms with Gasteiger partial charge in [0.15, 0.2) is 17.5 Å². The Labute approximate surface area is 186 Å². The quantitative estimate of drug-likeness (QED) is 0.444. The van der Waals surface area contributed by atoms with E-state index in [4.69, 9.17) is 19.2 Å². The van der Waals surface area contributed by atoms with Crippen molar-refractivity contribution in [3.05, 3.63) is 34.6 Å². The first kappa shape index (κ1) is 24.4. The minimum absolute atomic E-state index is 0.198. The summed E-state index contributed by atoms with van der Waals surface area (Å²) in [6.07, 6.45) is 0.876. The molecule has 8 heteroatoms. The van der Waals surface area contributed by atoms with E-state index >= 15 is 0 Å². The number of nitrogens with one attached hydrogen (secondary N) is 2. The fourth-order valence-electron chi connectivity index (χ4n) is 3.51. The first-order valence-corrected chi connectivity index (χ1v) is 10.8. The molecule has 0 aliphatic carbocycles. The number of aliphatic imine (C=N–C) groups is 1. The second-order valence-electron chi connectivity index (χ2n) is 7.48. The van der Waals surface area contributed by atoms with Crippen LogP contribution in [0.4, 0.5) is 0 Å². The van der Waals surface area contributed by atoms with Gasteiger partial charge >= 0.3 is 0 Å². The topological polar surface area (TPSA) is 81.9 Å². The molecule has 2 N–H and O–H groups in total. The van der Waals surface area contributed by atoms with Crippen molar-refractivity contribution < 1.29 is 14.2 Å². The van der Waals surface area contributed by atoms with Crippen molar-refractivity contribution in [1.82, 2.24) is 20.4 Å². The number of aromatic nitrogens is 2. The van der Waals surface area contributed by atoms with Crippen molar-refractivity contribution in [2.45, 2.75) is 53.6 Å². The fourth-order valence-corrected chi connectivity index (χ4v) is 3.51. The van der Waals surface area contributed by atoms with Crippen LogP contribution in [-0.2, 0) is 20.0 Å². The molecular formula is C23H37N5O3. The van der Waals surface area contributed by atoms with Gasteiger partial charge in [0, 0.05) is 25.3 Å². The Morgan fingerprint density at radius 1 is 1.16 bits per heavy atom. The van der Waals surface area contributed by atoms with Gasteiger partial charge in [-0.3, -0.25) is 4.68 Å². The molecule has 0 amide bonds. The van der Waals surface area contributed by atoms with Crippen molar-refractivity contribution in [2.24, 2.45) is 12.0 Å². The second-order valence-corrected chi connectivity index (χ2v) is 7.48. The number of guanidine groups is 1. The molecule has 0 aliphatic heterocycles. The van der Waals surface area contributed by atoms with E-state index in [0.717, 1.165) is 30.2 Å². The van der Waals surface area contributed by atoms with Crippen molar-refractivity contribution in [2.75, 3.05) is 27.4 Å². The number of benzene rings is 1. The summed E-state index contributed by atoms with van der Waals surface area (Å²) in [4.78, 5) is 4.76. The van der Waals surface area contributed by atoms with Crippen LogP contribution in [0.3, 0.4) is 0 Å². The highest BCUT2D eigenvalue weighted by Gasteiger charge is 2.15. The van der Waals surface area contributed by atoms with E-state index in [1.165, 1.54) is 11.3 Å². The first-order valence-electron chi connectivity index (χ1n) is 10.8. The molecule has 1 heterocycles. The Hall–Kier alpha value is -2.90. The molecule has 2 rings (SSSR count). The molecule has 172 valence electrons. The number of hydrogen-bond donors (Lipinski definition) is 2. The third-order valence-corrected chi connectivity index (χ3v) is 5.13. The number of nitrogens with zero attached hydrogens (tertiary/aromatic N) is 3. The molecule has 31 heavy (non-hydrogen) atoms. The summed E-state index contributed by atoms with van der Waals surface area (Å²) >= 11 is 0. The minimum atomic E-state index is 0.198. The molecule has 0 saturated carbocycles. The molecule has 1 aromatic heterocycles. The van der Waals surface area contributed by atoms with Crippen LogP contribution in [0.25, 0.3) is 0 Å². The summed E-state index contributed by atoms with van der Waals surface area (Å²) in [6.45, 7) is 12.1.